The van der Waals surface area contributed by atoms with Gasteiger partial charge in [-0.2, -0.15) is 5.26 Å². The van der Waals surface area contributed by atoms with E-state index in [2.05, 4.69) is 37.1 Å². The molecule has 1 aromatic rings. The Morgan fingerprint density at radius 1 is 1.58 bits per heavy atom. The van der Waals surface area contributed by atoms with E-state index >= 15 is 0 Å². The number of aromatic nitrogens is 1. The highest BCUT2D eigenvalue weighted by atomic mass is 32.1. The molecule has 1 saturated carbocycles. The van der Waals surface area contributed by atoms with Crippen molar-refractivity contribution in [3.8, 4) is 6.07 Å². The van der Waals surface area contributed by atoms with Crippen molar-refractivity contribution in [3.05, 3.63) is 22.2 Å². The van der Waals surface area contributed by atoms with Gasteiger partial charge in [-0.25, -0.2) is 4.98 Å². The normalized spacial score (nSPS) is 17.2. The van der Waals surface area contributed by atoms with Gasteiger partial charge in [-0.05, 0) is 18.9 Å². The Morgan fingerprint density at radius 2 is 2.26 bits per heavy atom. The molecule has 100 valence electrons. The van der Waals surface area contributed by atoms with Crippen LogP contribution in [0.25, 0.3) is 6.08 Å². The third-order valence-corrected chi connectivity index (χ3v) is 4.28. The number of amides is 1. The number of carbonyl (C=O) groups is 1. The lowest BCUT2D eigenvalue weighted by Crippen LogP contribution is -2.34. The highest BCUT2D eigenvalue weighted by molar-refractivity contribution is 7.12. The average molecular weight is 275 g/mol. The molecule has 1 heterocycles. The van der Waals surface area contributed by atoms with Gasteiger partial charge in [0, 0.05) is 22.6 Å². The standard InChI is InChI=1S/C14H17N3OS/c1-13(2,3)12-16-8-10(19-12)4-5-11(18)17-14(9-15)6-7-14/h4-5,8H,6-7H2,1-3H3,(H,17,18)/b5-4-. The fourth-order valence-corrected chi connectivity index (χ4v) is 2.41. The summed E-state index contributed by atoms with van der Waals surface area (Å²) in [5, 5.41) is 12.7. The Bertz CT molecular complexity index is 556. The Kier molecular flexibility index (Phi) is 3.46. The Morgan fingerprint density at radius 3 is 2.74 bits per heavy atom. The molecule has 0 saturated heterocycles. The first kappa shape index (κ1) is 13.8. The van der Waals surface area contributed by atoms with Crippen molar-refractivity contribution >= 4 is 23.3 Å². The van der Waals surface area contributed by atoms with Crippen molar-refractivity contribution in [1.29, 1.82) is 5.26 Å². The van der Waals surface area contributed by atoms with Crippen LogP contribution in [0, 0.1) is 11.3 Å². The summed E-state index contributed by atoms with van der Waals surface area (Å²) in [5.74, 6) is -0.218. The van der Waals surface area contributed by atoms with Gasteiger partial charge in [-0.3, -0.25) is 4.79 Å². The van der Waals surface area contributed by atoms with Gasteiger partial charge in [0.05, 0.1) is 11.1 Å². The van der Waals surface area contributed by atoms with Crippen LogP contribution in [0.1, 0.15) is 43.5 Å². The van der Waals surface area contributed by atoms with Crippen molar-refractivity contribution < 1.29 is 4.79 Å². The lowest BCUT2D eigenvalue weighted by atomic mass is 9.98. The number of carbonyl (C=O) groups excluding carboxylic acids is 1. The third kappa shape index (κ3) is 3.42. The summed E-state index contributed by atoms with van der Waals surface area (Å²) in [6.45, 7) is 6.32. The van der Waals surface area contributed by atoms with Crippen molar-refractivity contribution in [3.63, 3.8) is 0 Å². The van der Waals surface area contributed by atoms with Gasteiger partial charge < -0.3 is 5.32 Å². The van der Waals surface area contributed by atoms with Crippen molar-refractivity contribution in [2.24, 2.45) is 0 Å². The monoisotopic (exact) mass is 275 g/mol. The number of nitrogens with zero attached hydrogens (tertiary/aromatic N) is 2. The molecule has 1 N–H and O–H groups in total. The van der Waals surface area contributed by atoms with Gasteiger partial charge in [-0.15, -0.1) is 11.3 Å². The van der Waals surface area contributed by atoms with Gasteiger partial charge in [0.2, 0.25) is 5.91 Å². The summed E-state index contributed by atoms with van der Waals surface area (Å²) in [4.78, 5) is 17.0. The van der Waals surface area contributed by atoms with Crippen LogP contribution in [0.5, 0.6) is 0 Å². The highest BCUT2D eigenvalue weighted by Crippen LogP contribution is 2.34. The van der Waals surface area contributed by atoms with Crippen LogP contribution in [0.4, 0.5) is 0 Å². The number of rotatable bonds is 3. The zero-order valence-electron chi connectivity index (χ0n) is 11.4. The van der Waals surface area contributed by atoms with E-state index in [4.69, 9.17) is 5.26 Å². The zero-order chi connectivity index (χ0) is 14.1. The molecule has 0 radical (unpaired) electrons. The van der Waals surface area contributed by atoms with Crippen molar-refractivity contribution in [2.45, 2.75) is 44.6 Å². The molecule has 19 heavy (non-hydrogen) atoms. The smallest absolute Gasteiger partial charge is 0.245 e. The molecule has 1 amide bonds. The molecule has 1 aliphatic carbocycles. The fraction of sp³-hybridized carbons (Fsp3) is 0.500. The van der Waals surface area contributed by atoms with Gasteiger partial charge in [-0.1, -0.05) is 20.8 Å². The third-order valence-electron chi connectivity index (χ3n) is 2.89. The molecule has 4 nitrogen and oxygen atoms in total. The van der Waals surface area contributed by atoms with Gasteiger partial charge in [0.1, 0.15) is 5.54 Å². The number of nitriles is 1. The molecule has 0 bridgehead atoms. The second kappa shape index (κ2) is 4.78. The minimum absolute atomic E-state index is 0.0257. The summed E-state index contributed by atoms with van der Waals surface area (Å²) in [7, 11) is 0. The van der Waals surface area contributed by atoms with Crippen LogP contribution in [0.3, 0.4) is 0 Å². The van der Waals surface area contributed by atoms with E-state index in [1.54, 1.807) is 23.6 Å². The van der Waals surface area contributed by atoms with E-state index in [0.717, 1.165) is 22.7 Å². The van der Waals surface area contributed by atoms with Gasteiger partial charge in [0.15, 0.2) is 0 Å². The van der Waals surface area contributed by atoms with Crippen LogP contribution in [0.15, 0.2) is 12.3 Å². The van der Waals surface area contributed by atoms with Gasteiger partial charge >= 0.3 is 0 Å². The number of hydrogen-bond donors (Lipinski definition) is 1. The maximum absolute atomic E-state index is 11.7. The van der Waals surface area contributed by atoms with E-state index in [1.807, 2.05) is 0 Å². The summed E-state index contributed by atoms with van der Waals surface area (Å²) in [6.07, 6.45) is 6.48. The zero-order valence-corrected chi connectivity index (χ0v) is 12.2. The topological polar surface area (TPSA) is 65.8 Å². The minimum Gasteiger partial charge on any atom is -0.334 e. The Labute approximate surface area is 117 Å². The molecule has 1 aliphatic rings. The Balaban J connectivity index is 1.97. The van der Waals surface area contributed by atoms with Crippen LogP contribution in [0.2, 0.25) is 0 Å². The van der Waals surface area contributed by atoms with E-state index in [-0.39, 0.29) is 11.3 Å². The predicted molar refractivity (Wildman–Crippen MR) is 75.6 cm³/mol. The number of nitrogens with one attached hydrogen (secondary N) is 1. The Hall–Kier alpha value is -1.67. The first-order valence-electron chi connectivity index (χ1n) is 6.22. The van der Waals surface area contributed by atoms with Crippen LogP contribution >= 0.6 is 11.3 Å². The van der Waals surface area contributed by atoms with Crippen LogP contribution in [-0.4, -0.2) is 16.4 Å². The molecular formula is C14H17N3OS. The van der Waals surface area contributed by atoms with Crippen LogP contribution < -0.4 is 5.32 Å². The summed E-state index contributed by atoms with van der Waals surface area (Å²) in [5.41, 5.74) is -0.580. The molecule has 0 atom stereocenters. The molecule has 0 unspecified atom stereocenters. The summed E-state index contributed by atoms with van der Waals surface area (Å²) in [6, 6.07) is 2.13. The maximum Gasteiger partial charge on any atom is 0.245 e. The van der Waals surface area contributed by atoms with E-state index < -0.39 is 5.54 Å². The van der Waals surface area contributed by atoms with Crippen molar-refractivity contribution in [2.75, 3.05) is 0 Å². The van der Waals surface area contributed by atoms with Gasteiger partial charge in [0.25, 0.3) is 0 Å². The van der Waals surface area contributed by atoms with E-state index in [1.165, 1.54) is 6.08 Å². The van der Waals surface area contributed by atoms with Crippen LogP contribution in [-0.2, 0) is 10.2 Å². The SMILES string of the molecule is CC(C)(C)c1ncc(/C=C\C(=O)NC2(C#N)CC2)s1. The summed E-state index contributed by atoms with van der Waals surface area (Å²) >= 11 is 1.58. The first-order valence-corrected chi connectivity index (χ1v) is 7.04. The number of hydrogen-bond acceptors (Lipinski definition) is 4. The second-order valence-corrected chi connectivity index (χ2v) is 6.90. The first-order chi connectivity index (χ1) is 8.85. The molecule has 0 aliphatic heterocycles. The molecule has 5 heteroatoms. The molecule has 1 fully saturated rings. The van der Waals surface area contributed by atoms with E-state index in [9.17, 15) is 4.79 Å². The largest absolute Gasteiger partial charge is 0.334 e. The quantitative estimate of drug-likeness (QED) is 0.862. The lowest BCUT2D eigenvalue weighted by Gasteiger charge is -2.13. The number of thiazole rings is 1. The maximum atomic E-state index is 11.7. The molecule has 0 aromatic carbocycles. The van der Waals surface area contributed by atoms with Crippen molar-refractivity contribution in [1.82, 2.24) is 10.3 Å². The lowest BCUT2D eigenvalue weighted by molar-refractivity contribution is -0.117. The molecule has 1 aromatic heterocycles. The molecule has 0 spiro atoms. The molecular weight excluding hydrogens is 258 g/mol. The fourth-order valence-electron chi connectivity index (χ4n) is 1.54. The second-order valence-electron chi connectivity index (χ2n) is 5.83. The summed E-state index contributed by atoms with van der Waals surface area (Å²) < 4.78 is 0. The van der Waals surface area contributed by atoms with E-state index in [0.29, 0.717) is 0 Å². The predicted octanol–water partition coefficient (Wildman–Crippen LogP) is 2.63. The minimum atomic E-state index is -0.605. The molecule has 2 rings (SSSR count). The average Bonchev–Trinajstić information content (AvgIpc) is 2.91. The highest BCUT2D eigenvalue weighted by Gasteiger charge is 2.44.